The largest absolute Gasteiger partial charge is 0.393 e. The van der Waals surface area contributed by atoms with E-state index < -0.39 is 0 Å². The SMILES string of the molecule is CC1(C)C[C@H](O)C[C@](C)(CNc2nc3ccc(F)cc3s2)C1. The Kier molecular flexibility index (Phi) is 3.89. The number of benzene rings is 1. The van der Waals surface area contributed by atoms with Gasteiger partial charge in [0.1, 0.15) is 5.82 Å². The van der Waals surface area contributed by atoms with Crippen LogP contribution in [-0.2, 0) is 0 Å². The molecule has 1 aliphatic rings. The van der Waals surface area contributed by atoms with Gasteiger partial charge in [-0.25, -0.2) is 9.37 Å². The van der Waals surface area contributed by atoms with E-state index >= 15 is 0 Å². The van der Waals surface area contributed by atoms with E-state index in [-0.39, 0.29) is 22.8 Å². The number of thiazole rings is 1. The van der Waals surface area contributed by atoms with Crippen LogP contribution in [0.4, 0.5) is 9.52 Å². The molecule has 0 aliphatic heterocycles. The van der Waals surface area contributed by atoms with E-state index in [0.29, 0.717) is 0 Å². The van der Waals surface area contributed by atoms with Crippen LogP contribution in [0.15, 0.2) is 18.2 Å². The Morgan fingerprint density at radius 2 is 2.14 bits per heavy atom. The Balaban J connectivity index is 1.72. The molecule has 1 heterocycles. The molecule has 0 radical (unpaired) electrons. The van der Waals surface area contributed by atoms with Gasteiger partial charge in [0.05, 0.1) is 16.3 Å². The molecular formula is C17H23FN2OS. The van der Waals surface area contributed by atoms with Gasteiger partial charge >= 0.3 is 0 Å². The molecule has 2 atom stereocenters. The van der Waals surface area contributed by atoms with Gasteiger partial charge < -0.3 is 10.4 Å². The van der Waals surface area contributed by atoms with Crippen molar-refractivity contribution in [3.05, 3.63) is 24.0 Å². The van der Waals surface area contributed by atoms with Gasteiger partial charge in [-0.2, -0.15) is 0 Å². The number of hydrogen-bond donors (Lipinski definition) is 2. The lowest BCUT2D eigenvalue weighted by Gasteiger charge is -2.45. The summed E-state index contributed by atoms with van der Waals surface area (Å²) in [6, 6.07) is 4.67. The van der Waals surface area contributed by atoms with Crippen LogP contribution in [0.1, 0.15) is 40.0 Å². The Bertz CT molecular complexity index is 684. The Hall–Kier alpha value is -1.20. The summed E-state index contributed by atoms with van der Waals surface area (Å²) >= 11 is 1.47. The van der Waals surface area contributed by atoms with Crippen LogP contribution in [-0.4, -0.2) is 22.7 Å². The molecule has 0 unspecified atom stereocenters. The zero-order valence-electron chi connectivity index (χ0n) is 13.3. The molecule has 3 nitrogen and oxygen atoms in total. The van der Waals surface area contributed by atoms with Gasteiger partial charge in [-0.15, -0.1) is 0 Å². The second-order valence-electron chi connectivity index (χ2n) is 7.70. The van der Waals surface area contributed by atoms with Crippen molar-refractivity contribution in [1.82, 2.24) is 4.98 Å². The third-order valence-corrected chi connectivity index (χ3v) is 5.41. The number of rotatable bonds is 3. The van der Waals surface area contributed by atoms with Crippen molar-refractivity contribution >= 4 is 26.7 Å². The molecule has 1 aromatic carbocycles. The molecule has 1 aliphatic carbocycles. The third kappa shape index (κ3) is 3.41. The number of aliphatic hydroxyl groups excluding tert-OH is 1. The first-order valence-electron chi connectivity index (χ1n) is 7.73. The predicted molar refractivity (Wildman–Crippen MR) is 89.8 cm³/mol. The van der Waals surface area contributed by atoms with Crippen LogP contribution < -0.4 is 5.32 Å². The first-order valence-corrected chi connectivity index (χ1v) is 8.54. The van der Waals surface area contributed by atoms with E-state index in [2.05, 4.69) is 31.1 Å². The van der Waals surface area contributed by atoms with Gasteiger partial charge in [-0.05, 0) is 48.3 Å². The first kappa shape index (κ1) is 15.7. The highest BCUT2D eigenvalue weighted by Gasteiger charge is 2.40. The molecule has 5 heteroatoms. The fourth-order valence-corrected chi connectivity index (χ4v) is 4.86. The van der Waals surface area contributed by atoms with E-state index in [1.54, 1.807) is 6.07 Å². The van der Waals surface area contributed by atoms with Crippen molar-refractivity contribution in [2.45, 2.75) is 46.1 Å². The standard InChI is InChI=1S/C17H23FN2OS/c1-16(2)7-12(21)8-17(3,9-16)10-19-15-20-13-5-4-11(18)6-14(13)22-15/h4-6,12,21H,7-10H2,1-3H3,(H,19,20)/t12-,17-/m0/s1. The van der Waals surface area contributed by atoms with Crippen molar-refractivity contribution < 1.29 is 9.50 Å². The molecule has 2 aromatic rings. The summed E-state index contributed by atoms with van der Waals surface area (Å²) in [6.45, 7) is 7.43. The maximum atomic E-state index is 13.2. The van der Waals surface area contributed by atoms with Gasteiger partial charge in [-0.3, -0.25) is 0 Å². The van der Waals surface area contributed by atoms with Crippen molar-refractivity contribution in [2.24, 2.45) is 10.8 Å². The number of halogens is 1. The highest BCUT2D eigenvalue weighted by molar-refractivity contribution is 7.22. The van der Waals surface area contributed by atoms with Gasteiger partial charge in [0.2, 0.25) is 0 Å². The smallest absolute Gasteiger partial charge is 0.183 e. The number of aliphatic hydroxyl groups is 1. The summed E-state index contributed by atoms with van der Waals surface area (Å²) in [5.41, 5.74) is 1.03. The van der Waals surface area contributed by atoms with Gasteiger partial charge in [-0.1, -0.05) is 32.1 Å². The van der Waals surface area contributed by atoms with Crippen LogP contribution in [0, 0.1) is 16.6 Å². The minimum atomic E-state index is -0.236. The molecule has 1 saturated carbocycles. The van der Waals surface area contributed by atoms with Crippen LogP contribution in [0.2, 0.25) is 0 Å². The number of hydrogen-bond acceptors (Lipinski definition) is 4. The summed E-state index contributed by atoms with van der Waals surface area (Å²) in [4.78, 5) is 4.50. The summed E-state index contributed by atoms with van der Waals surface area (Å²) in [5, 5.41) is 14.4. The molecule has 3 rings (SSSR count). The molecule has 0 spiro atoms. The molecule has 2 N–H and O–H groups in total. The lowest BCUT2D eigenvalue weighted by Crippen LogP contribution is -2.42. The van der Waals surface area contributed by atoms with Crippen LogP contribution >= 0.6 is 11.3 Å². The molecule has 0 amide bonds. The van der Waals surface area contributed by atoms with Crippen molar-refractivity contribution in [3.8, 4) is 0 Å². The van der Waals surface area contributed by atoms with Gasteiger partial charge in [0.15, 0.2) is 5.13 Å². The Labute approximate surface area is 134 Å². The molecule has 1 aromatic heterocycles. The highest BCUT2D eigenvalue weighted by Crippen LogP contribution is 2.46. The molecule has 120 valence electrons. The highest BCUT2D eigenvalue weighted by atomic mass is 32.1. The number of nitrogens with zero attached hydrogens (tertiary/aromatic N) is 1. The second kappa shape index (κ2) is 5.46. The fourth-order valence-electron chi connectivity index (χ4n) is 3.98. The van der Waals surface area contributed by atoms with Crippen LogP contribution in [0.3, 0.4) is 0 Å². The minimum Gasteiger partial charge on any atom is -0.393 e. The molecule has 0 bridgehead atoms. The maximum absolute atomic E-state index is 13.2. The second-order valence-corrected chi connectivity index (χ2v) is 8.73. The van der Waals surface area contributed by atoms with Gasteiger partial charge in [0.25, 0.3) is 0 Å². The lowest BCUT2D eigenvalue weighted by molar-refractivity contribution is -0.00317. The Morgan fingerprint density at radius 1 is 1.36 bits per heavy atom. The van der Waals surface area contributed by atoms with Gasteiger partial charge in [0, 0.05) is 6.54 Å². The number of anilines is 1. The van der Waals surface area contributed by atoms with E-state index in [9.17, 15) is 9.50 Å². The van der Waals surface area contributed by atoms with Crippen LogP contribution in [0.5, 0.6) is 0 Å². The topological polar surface area (TPSA) is 45.1 Å². The first-order chi connectivity index (χ1) is 10.2. The zero-order chi connectivity index (χ0) is 16.0. The average Bonchev–Trinajstić information content (AvgIpc) is 2.75. The maximum Gasteiger partial charge on any atom is 0.183 e. The average molecular weight is 322 g/mol. The normalized spacial score (nSPS) is 28.0. The summed E-state index contributed by atoms with van der Waals surface area (Å²) in [5.74, 6) is -0.230. The van der Waals surface area contributed by atoms with Crippen molar-refractivity contribution in [2.75, 3.05) is 11.9 Å². The molecular weight excluding hydrogens is 299 g/mol. The quantitative estimate of drug-likeness (QED) is 0.879. The van der Waals surface area contributed by atoms with E-state index in [1.165, 1.54) is 23.5 Å². The number of fused-ring (bicyclic) bond motifs is 1. The lowest BCUT2D eigenvalue weighted by atomic mass is 9.63. The molecule has 1 fully saturated rings. The van der Waals surface area contributed by atoms with Crippen molar-refractivity contribution in [1.29, 1.82) is 0 Å². The zero-order valence-corrected chi connectivity index (χ0v) is 14.1. The third-order valence-electron chi connectivity index (χ3n) is 4.44. The van der Waals surface area contributed by atoms with E-state index in [0.717, 1.165) is 41.2 Å². The van der Waals surface area contributed by atoms with Crippen molar-refractivity contribution in [3.63, 3.8) is 0 Å². The monoisotopic (exact) mass is 322 g/mol. The number of aromatic nitrogens is 1. The molecule has 22 heavy (non-hydrogen) atoms. The minimum absolute atomic E-state index is 0.0459. The Morgan fingerprint density at radius 3 is 2.86 bits per heavy atom. The number of nitrogens with one attached hydrogen (secondary N) is 1. The predicted octanol–water partition coefficient (Wildman–Crippen LogP) is 4.42. The summed E-state index contributed by atoms with van der Waals surface area (Å²) in [6.07, 6.45) is 2.51. The van der Waals surface area contributed by atoms with E-state index in [1.807, 2.05) is 0 Å². The van der Waals surface area contributed by atoms with Crippen LogP contribution in [0.25, 0.3) is 10.2 Å². The summed E-state index contributed by atoms with van der Waals surface area (Å²) < 4.78 is 14.1. The van der Waals surface area contributed by atoms with E-state index in [4.69, 9.17) is 0 Å². The fraction of sp³-hybridized carbons (Fsp3) is 0.588. The molecule has 0 saturated heterocycles. The summed E-state index contributed by atoms with van der Waals surface area (Å²) in [7, 11) is 0.